The predicted octanol–water partition coefficient (Wildman–Crippen LogP) is 2.83. The Bertz CT molecular complexity index is 581. The standard InChI is InChI=1S/C16H21N3OS/c1-11(13(17)12-7-5-4-6-8-12)14(20)19-16(2,3)15-18-9-10-21-15/h4-11,13H,17H2,1-3H3,(H,19,20). The second-order valence-corrected chi connectivity index (χ2v) is 6.57. The van der Waals surface area contributed by atoms with Crippen LogP contribution in [0.2, 0.25) is 0 Å². The van der Waals surface area contributed by atoms with Crippen LogP contribution in [-0.4, -0.2) is 10.9 Å². The minimum absolute atomic E-state index is 0.0634. The molecule has 0 bridgehead atoms. The van der Waals surface area contributed by atoms with Crippen LogP contribution in [0.3, 0.4) is 0 Å². The molecule has 0 radical (unpaired) electrons. The quantitative estimate of drug-likeness (QED) is 0.892. The van der Waals surface area contributed by atoms with Gasteiger partial charge in [0, 0.05) is 17.6 Å². The zero-order valence-electron chi connectivity index (χ0n) is 12.5. The van der Waals surface area contributed by atoms with Crippen molar-refractivity contribution < 1.29 is 4.79 Å². The molecular formula is C16H21N3OS. The molecule has 112 valence electrons. The lowest BCUT2D eigenvalue weighted by Crippen LogP contribution is -2.45. The molecule has 0 fully saturated rings. The van der Waals surface area contributed by atoms with Gasteiger partial charge in [0.15, 0.2) is 0 Å². The molecule has 0 aliphatic rings. The minimum Gasteiger partial charge on any atom is -0.344 e. The summed E-state index contributed by atoms with van der Waals surface area (Å²) < 4.78 is 0. The number of carbonyl (C=O) groups is 1. The molecule has 0 aliphatic heterocycles. The normalized spacial score (nSPS) is 14.5. The highest BCUT2D eigenvalue weighted by Crippen LogP contribution is 2.25. The molecule has 0 spiro atoms. The van der Waals surface area contributed by atoms with Gasteiger partial charge in [0.2, 0.25) is 5.91 Å². The van der Waals surface area contributed by atoms with Gasteiger partial charge in [0.25, 0.3) is 0 Å². The molecule has 0 saturated heterocycles. The van der Waals surface area contributed by atoms with E-state index in [2.05, 4.69) is 10.3 Å². The molecule has 1 heterocycles. The summed E-state index contributed by atoms with van der Waals surface area (Å²) in [6, 6.07) is 9.37. The lowest BCUT2D eigenvalue weighted by molar-refractivity contribution is -0.126. The number of amides is 1. The van der Waals surface area contributed by atoms with E-state index in [1.165, 1.54) is 11.3 Å². The summed E-state index contributed by atoms with van der Waals surface area (Å²) in [5, 5.41) is 5.83. The van der Waals surface area contributed by atoms with E-state index in [1.807, 2.05) is 56.5 Å². The van der Waals surface area contributed by atoms with Gasteiger partial charge in [-0.2, -0.15) is 0 Å². The fourth-order valence-corrected chi connectivity index (χ4v) is 2.85. The number of rotatable bonds is 5. The van der Waals surface area contributed by atoms with E-state index in [0.717, 1.165) is 10.6 Å². The number of aromatic nitrogens is 1. The van der Waals surface area contributed by atoms with E-state index >= 15 is 0 Å². The number of hydrogen-bond acceptors (Lipinski definition) is 4. The van der Waals surface area contributed by atoms with Crippen LogP contribution in [0.4, 0.5) is 0 Å². The monoisotopic (exact) mass is 303 g/mol. The van der Waals surface area contributed by atoms with Crippen LogP contribution in [0, 0.1) is 5.92 Å². The number of nitrogens with two attached hydrogens (primary N) is 1. The fraction of sp³-hybridized carbons (Fsp3) is 0.375. The summed E-state index contributed by atoms with van der Waals surface area (Å²) in [4.78, 5) is 16.7. The predicted molar refractivity (Wildman–Crippen MR) is 85.8 cm³/mol. The maximum absolute atomic E-state index is 12.5. The smallest absolute Gasteiger partial charge is 0.225 e. The van der Waals surface area contributed by atoms with Gasteiger partial charge in [-0.3, -0.25) is 4.79 Å². The zero-order chi connectivity index (χ0) is 15.5. The average molecular weight is 303 g/mol. The fourth-order valence-electron chi connectivity index (χ4n) is 2.13. The SMILES string of the molecule is CC(C(=O)NC(C)(C)c1nccs1)C(N)c1ccccc1. The first-order valence-electron chi connectivity index (χ1n) is 6.94. The first-order chi connectivity index (χ1) is 9.92. The molecule has 2 atom stereocenters. The third-order valence-electron chi connectivity index (χ3n) is 3.54. The topological polar surface area (TPSA) is 68.0 Å². The van der Waals surface area contributed by atoms with E-state index in [-0.39, 0.29) is 17.9 Å². The molecule has 4 nitrogen and oxygen atoms in total. The van der Waals surface area contributed by atoms with Crippen molar-refractivity contribution >= 4 is 17.2 Å². The second kappa shape index (κ2) is 6.37. The van der Waals surface area contributed by atoms with Gasteiger partial charge in [-0.15, -0.1) is 11.3 Å². The van der Waals surface area contributed by atoms with Crippen molar-refractivity contribution in [3.63, 3.8) is 0 Å². The Morgan fingerprint density at radius 2 is 2.00 bits per heavy atom. The van der Waals surface area contributed by atoms with Gasteiger partial charge in [-0.25, -0.2) is 4.98 Å². The second-order valence-electron chi connectivity index (χ2n) is 5.68. The van der Waals surface area contributed by atoms with E-state index < -0.39 is 5.54 Å². The average Bonchev–Trinajstić information content (AvgIpc) is 3.01. The number of benzene rings is 1. The molecule has 2 unspecified atom stereocenters. The number of nitrogens with zero attached hydrogens (tertiary/aromatic N) is 1. The third kappa shape index (κ3) is 3.68. The van der Waals surface area contributed by atoms with Gasteiger partial charge in [0.1, 0.15) is 5.01 Å². The third-order valence-corrected chi connectivity index (χ3v) is 4.64. The van der Waals surface area contributed by atoms with Crippen LogP contribution in [0.15, 0.2) is 41.9 Å². The van der Waals surface area contributed by atoms with E-state index in [4.69, 9.17) is 5.73 Å². The highest BCUT2D eigenvalue weighted by atomic mass is 32.1. The van der Waals surface area contributed by atoms with Crippen LogP contribution in [-0.2, 0) is 10.3 Å². The summed E-state index contributed by atoms with van der Waals surface area (Å²) in [5.74, 6) is -0.377. The molecule has 1 aromatic carbocycles. The zero-order valence-corrected chi connectivity index (χ0v) is 13.4. The van der Waals surface area contributed by atoms with Crippen molar-refractivity contribution in [1.82, 2.24) is 10.3 Å². The highest BCUT2D eigenvalue weighted by molar-refractivity contribution is 7.09. The van der Waals surface area contributed by atoms with Crippen LogP contribution in [0.5, 0.6) is 0 Å². The maximum atomic E-state index is 12.5. The molecular weight excluding hydrogens is 282 g/mol. The summed E-state index contributed by atoms with van der Waals surface area (Å²) in [6.07, 6.45) is 1.74. The van der Waals surface area contributed by atoms with Crippen molar-refractivity contribution in [3.05, 3.63) is 52.5 Å². The Morgan fingerprint density at radius 3 is 2.57 bits per heavy atom. The Kier molecular flexibility index (Phi) is 4.75. The number of hydrogen-bond donors (Lipinski definition) is 2. The highest BCUT2D eigenvalue weighted by Gasteiger charge is 2.30. The summed E-state index contributed by atoms with van der Waals surface area (Å²) in [7, 11) is 0. The van der Waals surface area contributed by atoms with E-state index in [9.17, 15) is 4.79 Å². The maximum Gasteiger partial charge on any atom is 0.225 e. The molecule has 3 N–H and O–H groups in total. The number of carbonyl (C=O) groups excluding carboxylic acids is 1. The van der Waals surface area contributed by atoms with Crippen molar-refractivity contribution in [3.8, 4) is 0 Å². The Hall–Kier alpha value is -1.72. The molecule has 0 saturated carbocycles. The van der Waals surface area contributed by atoms with Crippen molar-refractivity contribution in [1.29, 1.82) is 0 Å². The van der Waals surface area contributed by atoms with Crippen molar-refractivity contribution in [2.24, 2.45) is 11.7 Å². The Balaban J connectivity index is 2.06. The molecule has 1 amide bonds. The number of nitrogens with one attached hydrogen (secondary N) is 1. The van der Waals surface area contributed by atoms with Gasteiger partial charge in [0.05, 0.1) is 11.5 Å². The molecule has 5 heteroatoms. The first kappa shape index (κ1) is 15.7. The van der Waals surface area contributed by atoms with E-state index in [0.29, 0.717) is 0 Å². The summed E-state index contributed by atoms with van der Waals surface area (Å²) >= 11 is 1.53. The molecule has 0 aliphatic carbocycles. The Labute approximate surface area is 129 Å². The first-order valence-corrected chi connectivity index (χ1v) is 7.82. The lowest BCUT2D eigenvalue weighted by atomic mass is 9.93. The minimum atomic E-state index is -0.490. The lowest BCUT2D eigenvalue weighted by Gasteiger charge is -2.28. The van der Waals surface area contributed by atoms with Crippen LogP contribution < -0.4 is 11.1 Å². The van der Waals surface area contributed by atoms with Crippen LogP contribution in [0.25, 0.3) is 0 Å². The van der Waals surface area contributed by atoms with Gasteiger partial charge in [-0.05, 0) is 19.4 Å². The molecule has 21 heavy (non-hydrogen) atoms. The van der Waals surface area contributed by atoms with Gasteiger partial charge >= 0.3 is 0 Å². The van der Waals surface area contributed by atoms with Crippen molar-refractivity contribution in [2.75, 3.05) is 0 Å². The largest absolute Gasteiger partial charge is 0.344 e. The number of thiazole rings is 1. The molecule has 1 aromatic heterocycles. The van der Waals surface area contributed by atoms with Crippen molar-refractivity contribution in [2.45, 2.75) is 32.4 Å². The van der Waals surface area contributed by atoms with Crippen LogP contribution in [0.1, 0.15) is 37.4 Å². The summed E-state index contributed by atoms with van der Waals surface area (Å²) in [5.41, 5.74) is 6.68. The van der Waals surface area contributed by atoms with E-state index in [1.54, 1.807) is 6.20 Å². The van der Waals surface area contributed by atoms with Crippen LogP contribution >= 0.6 is 11.3 Å². The molecule has 2 aromatic rings. The Morgan fingerprint density at radius 1 is 1.33 bits per heavy atom. The molecule has 2 rings (SSSR count). The van der Waals surface area contributed by atoms with Gasteiger partial charge < -0.3 is 11.1 Å². The summed E-state index contributed by atoms with van der Waals surface area (Å²) in [6.45, 7) is 5.75. The van der Waals surface area contributed by atoms with Gasteiger partial charge in [-0.1, -0.05) is 37.3 Å².